The van der Waals surface area contributed by atoms with Crippen LogP contribution in [0.1, 0.15) is 25.5 Å². The molecule has 0 fully saturated rings. The predicted octanol–water partition coefficient (Wildman–Crippen LogP) is 3.56. The molecule has 0 radical (unpaired) electrons. The summed E-state index contributed by atoms with van der Waals surface area (Å²) in [5, 5.41) is 13.1. The number of hydrogen-bond acceptors (Lipinski definition) is 2. The van der Waals surface area contributed by atoms with Gasteiger partial charge in [0.2, 0.25) is 0 Å². The zero-order valence-electron chi connectivity index (χ0n) is 8.59. The van der Waals surface area contributed by atoms with E-state index in [1.54, 1.807) is 18.2 Å². The minimum Gasteiger partial charge on any atom is -0.296 e. The van der Waals surface area contributed by atoms with Gasteiger partial charge < -0.3 is 0 Å². The second-order valence-electron chi connectivity index (χ2n) is 3.56. The highest BCUT2D eigenvalue weighted by Crippen LogP contribution is 2.25. The van der Waals surface area contributed by atoms with Gasteiger partial charge in [-0.2, -0.15) is 5.26 Å². The zero-order chi connectivity index (χ0) is 11.4. The molecular weight excluding hydrogens is 231 g/mol. The van der Waals surface area contributed by atoms with E-state index in [1.807, 2.05) is 13.8 Å². The smallest absolute Gasteiger partial charge is 0.121 e. The molecule has 0 saturated carbocycles. The molecule has 80 valence electrons. The maximum absolute atomic E-state index is 9.00. The van der Waals surface area contributed by atoms with Gasteiger partial charge in [-0.25, -0.2) is 0 Å². The fraction of sp³-hybridized carbons (Fsp3) is 0.364. The first-order valence-electron chi connectivity index (χ1n) is 4.65. The molecule has 2 nitrogen and oxygen atoms in total. The van der Waals surface area contributed by atoms with Crippen LogP contribution in [0.3, 0.4) is 0 Å². The molecular formula is C11H12Cl2N2. The van der Waals surface area contributed by atoms with Crippen LogP contribution in [0.5, 0.6) is 0 Å². The largest absolute Gasteiger partial charge is 0.296 e. The first-order chi connectivity index (χ1) is 7.04. The summed E-state index contributed by atoms with van der Waals surface area (Å²) in [4.78, 5) is 0. The van der Waals surface area contributed by atoms with Crippen LogP contribution >= 0.6 is 23.2 Å². The molecule has 15 heavy (non-hydrogen) atoms. The van der Waals surface area contributed by atoms with E-state index >= 15 is 0 Å². The lowest BCUT2D eigenvalue weighted by Crippen LogP contribution is -2.27. The van der Waals surface area contributed by atoms with Crippen LogP contribution in [0.15, 0.2) is 18.2 Å². The van der Waals surface area contributed by atoms with Crippen molar-refractivity contribution in [3.05, 3.63) is 33.8 Å². The molecule has 1 aromatic carbocycles. The fourth-order valence-corrected chi connectivity index (χ4v) is 1.54. The molecule has 0 aromatic heterocycles. The Morgan fingerprint density at radius 1 is 1.27 bits per heavy atom. The number of nitrogens with zero attached hydrogens (tertiary/aromatic N) is 1. The van der Waals surface area contributed by atoms with E-state index in [-0.39, 0.29) is 12.1 Å². The standard InChI is InChI=1S/C11H12Cl2N2/c1-7(2)15-11(6-14)8-3-4-9(12)10(13)5-8/h3-5,7,11,15H,1-2H3. The quantitative estimate of drug-likeness (QED) is 0.880. The van der Waals surface area contributed by atoms with Crippen molar-refractivity contribution in [3.63, 3.8) is 0 Å². The van der Waals surface area contributed by atoms with Crippen LogP contribution in [-0.4, -0.2) is 6.04 Å². The summed E-state index contributed by atoms with van der Waals surface area (Å²) in [6, 6.07) is 7.29. The van der Waals surface area contributed by atoms with Crippen LogP contribution in [0, 0.1) is 11.3 Å². The van der Waals surface area contributed by atoms with Gasteiger partial charge in [0, 0.05) is 6.04 Å². The highest BCUT2D eigenvalue weighted by atomic mass is 35.5. The molecule has 0 saturated heterocycles. The lowest BCUT2D eigenvalue weighted by atomic mass is 10.1. The summed E-state index contributed by atoms with van der Waals surface area (Å²) in [7, 11) is 0. The van der Waals surface area contributed by atoms with Crippen molar-refractivity contribution >= 4 is 23.2 Å². The maximum Gasteiger partial charge on any atom is 0.121 e. The monoisotopic (exact) mass is 242 g/mol. The molecule has 1 N–H and O–H groups in total. The van der Waals surface area contributed by atoms with Crippen molar-refractivity contribution in [2.24, 2.45) is 0 Å². The Labute approximate surface area is 99.8 Å². The Hall–Kier alpha value is -0.750. The summed E-state index contributed by atoms with van der Waals surface area (Å²) < 4.78 is 0. The van der Waals surface area contributed by atoms with E-state index < -0.39 is 0 Å². The van der Waals surface area contributed by atoms with E-state index in [0.717, 1.165) is 5.56 Å². The molecule has 0 spiro atoms. The third-order valence-electron chi connectivity index (χ3n) is 1.91. The fourth-order valence-electron chi connectivity index (χ4n) is 1.23. The van der Waals surface area contributed by atoms with Gasteiger partial charge in [-0.3, -0.25) is 5.32 Å². The SMILES string of the molecule is CC(C)NC(C#N)c1ccc(Cl)c(Cl)c1. The lowest BCUT2D eigenvalue weighted by Gasteiger charge is -2.15. The van der Waals surface area contributed by atoms with Crippen molar-refractivity contribution in [1.82, 2.24) is 5.32 Å². The van der Waals surface area contributed by atoms with Crippen LogP contribution < -0.4 is 5.32 Å². The summed E-state index contributed by atoms with van der Waals surface area (Å²) in [6.07, 6.45) is 0. The van der Waals surface area contributed by atoms with E-state index in [2.05, 4.69) is 11.4 Å². The van der Waals surface area contributed by atoms with Crippen LogP contribution in [0.2, 0.25) is 10.0 Å². The molecule has 0 aliphatic rings. The van der Waals surface area contributed by atoms with E-state index in [9.17, 15) is 0 Å². The van der Waals surface area contributed by atoms with Gasteiger partial charge in [0.05, 0.1) is 16.1 Å². The molecule has 4 heteroatoms. The Morgan fingerprint density at radius 2 is 1.93 bits per heavy atom. The van der Waals surface area contributed by atoms with Crippen LogP contribution in [0.25, 0.3) is 0 Å². The molecule has 1 unspecified atom stereocenters. The van der Waals surface area contributed by atoms with Crippen LogP contribution in [0.4, 0.5) is 0 Å². The van der Waals surface area contributed by atoms with Crippen molar-refractivity contribution in [2.45, 2.75) is 25.9 Å². The molecule has 1 atom stereocenters. The highest BCUT2D eigenvalue weighted by molar-refractivity contribution is 6.42. The van der Waals surface area contributed by atoms with Crippen molar-refractivity contribution < 1.29 is 0 Å². The second-order valence-corrected chi connectivity index (χ2v) is 4.37. The van der Waals surface area contributed by atoms with Gasteiger partial charge in [-0.05, 0) is 31.5 Å². The van der Waals surface area contributed by atoms with E-state index in [0.29, 0.717) is 10.0 Å². The van der Waals surface area contributed by atoms with E-state index in [1.165, 1.54) is 0 Å². The zero-order valence-corrected chi connectivity index (χ0v) is 10.1. The van der Waals surface area contributed by atoms with Crippen molar-refractivity contribution in [2.75, 3.05) is 0 Å². The van der Waals surface area contributed by atoms with Gasteiger partial charge in [-0.15, -0.1) is 0 Å². The molecule has 0 heterocycles. The van der Waals surface area contributed by atoms with Gasteiger partial charge in [-0.1, -0.05) is 29.3 Å². The molecule has 0 aliphatic heterocycles. The molecule has 0 amide bonds. The van der Waals surface area contributed by atoms with Crippen LogP contribution in [-0.2, 0) is 0 Å². The van der Waals surface area contributed by atoms with Gasteiger partial charge in [0.25, 0.3) is 0 Å². The average Bonchev–Trinajstić information content (AvgIpc) is 2.18. The highest BCUT2D eigenvalue weighted by Gasteiger charge is 2.12. The second kappa shape index (κ2) is 5.37. The minimum absolute atomic E-state index is 0.240. The number of rotatable bonds is 3. The number of halogens is 2. The Bertz CT molecular complexity index is 383. The molecule has 0 bridgehead atoms. The third kappa shape index (κ3) is 3.39. The van der Waals surface area contributed by atoms with E-state index in [4.69, 9.17) is 28.5 Å². The number of hydrogen-bond donors (Lipinski definition) is 1. The number of benzene rings is 1. The summed E-state index contributed by atoms with van der Waals surface area (Å²) in [5.74, 6) is 0. The van der Waals surface area contributed by atoms with Gasteiger partial charge in [0.1, 0.15) is 6.04 Å². The lowest BCUT2D eigenvalue weighted by molar-refractivity contribution is 0.546. The topological polar surface area (TPSA) is 35.8 Å². The Kier molecular flexibility index (Phi) is 4.41. The maximum atomic E-state index is 9.00. The molecule has 0 aliphatic carbocycles. The Balaban J connectivity index is 2.94. The minimum atomic E-state index is -0.347. The van der Waals surface area contributed by atoms with Crippen molar-refractivity contribution in [1.29, 1.82) is 5.26 Å². The molecule has 1 rings (SSSR count). The third-order valence-corrected chi connectivity index (χ3v) is 2.65. The normalized spacial score (nSPS) is 12.5. The Morgan fingerprint density at radius 3 is 2.40 bits per heavy atom. The molecule has 1 aromatic rings. The first-order valence-corrected chi connectivity index (χ1v) is 5.40. The number of nitrogens with one attached hydrogen (secondary N) is 1. The summed E-state index contributed by atoms with van der Waals surface area (Å²) >= 11 is 11.7. The summed E-state index contributed by atoms with van der Waals surface area (Å²) in [5.41, 5.74) is 0.834. The van der Waals surface area contributed by atoms with Crippen molar-refractivity contribution in [3.8, 4) is 6.07 Å². The summed E-state index contributed by atoms with van der Waals surface area (Å²) in [6.45, 7) is 3.98. The number of nitriles is 1. The van der Waals surface area contributed by atoms with Gasteiger partial charge in [0.15, 0.2) is 0 Å². The van der Waals surface area contributed by atoms with Gasteiger partial charge >= 0.3 is 0 Å². The predicted molar refractivity (Wildman–Crippen MR) is 63.1 cm³/mol. The first kappa shape index (κ1) is 12.3. The average molecular weight is 243 g/mol.